The molecule has 2 unspecified atom stereocenters. The van der Waals surface area contributed by atoms with Crippen molar-refractivity contribution in [2.75, 3.05) is 5.32 Å². The first kappa shape index (κ1) is 24.4. The Morgan fingerprint density at radius 2 is 1.89 bits per heavy atom. The molecule has 35 heavy (non-hydrogen) atoms. The summed E-state index contributed by atoms with van der Waals surface area (Å²) >= 11 is 0. The second kappa shape index (κ2) is 10.3. The van der Waals surface area contributed by atoms with Crippen LogP contribution in [0.2, 0.25) is 0 Å². The first-order valence-corrected chi connectivity index (χ1v) is 11.4. The van der Waals surface area contributed by atoms with Crippen LogP contribution in [0.25, 0.3) is 16.9 Å². The number of nitrogens with zero attached hydrogens (tertiary/aromatic N) is 3. The van der Waals surface area contributed by atoms with E-state index in [1.807, 2.05) is 72.9 Å². The zero-order valence-corrected chi connectivity index (χ0v) is 20.2. The molecule has 1 fully saturated rings. The van der Waals surface area contributed by atoms with Gasteiger partial charge in [0, 0.05) is 22.7 Å². The summed E-state index contributed by atoms with van der Waals surface area (Å²) in [6.45, 7) is 2.36. The molecule has 4 aromatic rings. The SMILES string of the molecule is CCC1(N)CC1c1ccc(-n2cc(-c3cccc(NC(=O)OCc4ccccc4)c3)nn2)cc1.Cl. The number of anilines is 1. The molecule has 1 aliphatic rings. The van der Waals surface area contributed by atoms with E-state index >= 15 is 0 Å². The highest BCUT2D eigenvalue weighted by molar-refractivity contribution is 5.86. The molecule has 180 valence electrons. The highest BCUT2D eigenvalue weighted by Gasteiger charge is 2.49. The maximum atomic E-state index is 12.2. The summed E-state index contributed by atoms with van der Waals surface area (Å²) in [5.41, 5.74) is 11.6. The van der Waals surface area contributed by atoms with E-state index < -0.39 is 6.09 Å². The fourth-order valence-electron chi connectivity index (χ4n) is 4.18. The number of ether oxygens (including phenoxy) is 1. The lowest BCUT2D eigenvalue weighted by atomic mass is 10.0. The van der Waals surface area contributed by atoms with E-state index in [0.717, 1.165) is 29.7 Å². The van der Waals surface area contributed by atoms with Gasteiger partial charge >= 0.3 is 6.09 Å². The fraction of sp³-hybridized carbons (Fsp3) is 0.222. The van der Waals surface area contributed by atoms with Crippen LogP contribution in [-0.2, 0) is 11.3 Å². The molecule has 0 bridgehead atoms. The number of hydrogen-bond donors (Lipinski definition) is 2. The third-order valence-corrected chi connectivity index (χ3v) is 6.45. The number of nitrogens with one attached hydrogen (secondary N) is 1. The van der Waals surface area contributed by atoms with Crippen LogP contribution >= 0.6 is 12.4 Å². The van der Waals surface area contributed by atoms with Crippen LogP contribution in [0.3, 0.4) is 0 Å². The average Bonchev–Trinajstić information content (AvgIpc) is 3.32. The van der Waals surface area contributed by atoms with Crippen LogP contribution in [0.5, 0.6) is 0 Å². The molecule has 0 aliphatic heterocycles. The molecule has 0 radical (unpaired) electrons. The number of amides is 1. The predicted molar refractivity (Wildman–Crippen MR) is 139 cm³/mol. The van der Waals surface area contributed by atoms with E-state index in [9.17, 15) is 4.79 Å². The lowest BCUT2D eigenvalue weighted by molar-refractivity contribution is 0.155. The van der Waals surface area contributed by atoms with Crippen molar-refractivity contribution in [3.05, 3.63) is 96.2 Å². The predicted octanol–water partition coefficient (Wildman–Crippen LogP) is 5.70. The van der Waals surface area contributed by atoms with Gasteiger partial charge in [-0.2, -0.15) is 0 Å². The molecule has 0 spiro atoms. The number of halogens is 1. The van der Waals surface area contributed by atoms with E-state index in [-0.39, 0.29) is 24.6 Å². The number of nitrogens with two attached hydrogens (primary N) is 1. The number of aromatic nitrogens is 3. The van der Waals surface area contributed by atoms with E-state index in [1.54, 1.807) is 4.68 Å². The summed E-state index contributed by atoms with van der Waals surface area (Å²) in [6.07, 6.45) is 3.40. The van der Waals surface area contributed by atoms with Gasteiger partial charge in [0.2, 0.25) is 0 Å². The summed E-state index contributed by atoms with van der Waals surface area (Å²) < 4.78 is 7.05. The Hall–Kier alpha value is -3.68. The summed E-state index contributed by atoms with van der Waals surface area (Å²) in [6, 6.07) is 25.3. The van der Waals surface area contributed by atoms with E-state index in [0.29, 0.717) is 17.3 Å². The topological polar surface area (TPSA) is 95.1 Å². The number of carbonyl (C=O) groups excluding carboxylic acids is 1. The molecule has 5 rings (SSSR count). The normalized spacial score (nSPS) is 18.4. The minimum Gasteiger partial charge on any atom is -0.444 e. The summed E-state index contributed by atoms with van der Waals surface area (Å²) in [7, 11) is 0. The minimum atomic E-state index is -0.509. The highest BCUT2D eigenvalue weighted by atomic mass is 35.5. The standard InChI is InChI=1S/C27H27N5O2.ClH/c1-2-27(28)16-24(27)20-11-13-23(14-12-20)32-17-25(30-31-32)21-9-6-10-22(15-21)29-26(33)34-18-19-7-4-3-5-8-19;/h3-15,17,24H,2,16,18,28H2,1H3,(H,29,33);1H. The first-order valence-electron chi connectivity index (χ1n) is 11.4. The van der Waals surface area contributed by atoms with E-state index in [1.165, 1.54) is 5.56 Å². The van der Waals surface area contributed by atoms with Crippen molar-refractivity contribution in [3.63, 3.8) is 0 Å². The van der Waals surface area contributed by atoms with Gasteiger partial charge in [-0.25, -0.2) is 9.48 Å². The molecule has 2 atom stereocenters. The molecule has 8 heteroatoms. The van der Waals surface area contributed by atoms with Gasteiger partial charge in [-0.3, -0.25) is 5.32 Å². The van der Waals surface area contributed by atoms with Gasteiger partial charge in [-0.15, -0.1) is 17.5 Å². The Morgan fingerprint density at radius 1 is 1.11 bits per heavy atom. The first-order chi connectivity index (χ1) is 16.5. The molecule has 1 heterocycles. The molecule has 1 amide bonds. The molecule has 3 aromatic carbocycles. The summed E-state index contributed by atoms with van der Waals surface area (Å²) in [5, 5.41) is 11.4. The number of hydrogen-bond acceptors (Lipinski definition) is 5. The Morgan fingerprint density at radius 3 is 2.60 bits per heavy atom. The maximum absolute atomic E-state index is 12.2. The minimum absolute atomic E-state index is 0. The quantitative estimate of drug-likeness (QED) is 0.347. The monoisotopic (exact) mass is 489 g/mol. The van der Waals surface area contributed by atoms with Gasteiger partial charge in [-0.05, 0) is 48.2 Å². The van der Waals surface area contributed by atoms with Crippen molar-refractivity contribution < 1.29 is 9.53 Å². The second-order valence-electron chi connectivity index (χ2n) is 8.75. The largest absolute Gasteiger partial charge is 0.444 e. The second-order valence-corrected chi connectivity index (χ2v) is 8.75. The van der Waals surface area contributed by atoms with Crippen LogP contribution in [0.4, 0.5) is 10.5 Å². The van der Waals surface area contributed by atoms with Gasteiger partial charge in [0.25, 0.3) is 0 Å². The van der Waals surface area contributed by atoms with Gasteiger partial charge in [0.15, 0.2) is 0 Å². The molecule has 1 aliphatic carbocycles. The molecular formula is C27H28ClN5O2. The fourth-order valence-corrected chi connectivity index (χ4v) is 4.18. The van der Waals surface area contributed by atoms with Crippen molar-refractivity contribution in [2.24, 2.45) is 5.73 Å². The van der Waals surface area contributed by atoms with Crippen LogP contribution < -0.4 is 11.1 Å². The molecule has 1 saturated carbocycles. The van der Waals surface area contributed by atoms with Gasteiger partial charge in [-0.1, -0.05) is 66.7 Å². The van der Waals surface area contributed by atoms with Crippen LogP contribution in [0, 0.1) is 0 Å². The third kappa shape index (κ3) is 5.53. The maximum Gasteiger partial charge on any atom is 0.411 e. The van der Waals surface area contributed by atoms with Crippen molar-refractivity contribution in [2.45, 2.75) is 37.8 Å². The molecule has 7 nitrogen and oxygen atoms in total. The lowest BCUT2D eigenvalue weighted by Gasteiger charge is -2.08. The average molecular weight is 490 g/mol. The molecular weight excluding hydrogens is 462 g/mol. The third-order valence-electron chi connectivity index (χ3n) is 6.45. The Balaban J connectivity index is 0.00000289. The highest BCUT2D eigenvalue weighted by Crippen LogP contribution is 2.51. The van der Waals surface area contributed by atoms with Crippen molar-refractivity contribution >= 4 is 24.2 Å². The smallest absolute Gasteiger partial charge is 0.411 e. The zero-order valence-electron chi connectivity index (χ0n) is 19.4. The van der Waals surface area contributed by atoms with Crippen molar-refractivity contribution in [3.8, 4) is 16.9 Å². The van der Waals surface area contributed by atoms with Gasteiger partial charge in [0.05, 0.1) is 11.9 Å². The van der Waals surface area contributed by atoms with Crippen LogP contribution in [0.1, 0.15) is 36.8 Å². The summed E-state index contributed by atoms with van der Waals surface area (Å²) in [5.74, 6) is 0.437. The number of carbonyl (C=O) groups is 1. The molecule has 0 saturated heterocycles. The Kier molecular flexibility index (Phi) is 7.19. The number of rotatable bonds is 7. The molecule has 3 N–H and O–H groups in total. The Bertz CT molecular complexity index is 1290. The number of benzene rings is 3. The van der Waals surface area contributed by atoms with Crippen LogP contribution in [0.15, 0.2) is 85.1 Å². The van der Waals surface area contributed by atoms with E-state index in [4.69, 9.17) is 10.5 Å². The Labute approximate surface area is 210 Å². The van der Waals surface area contributed by atoms with E-state index in [2.05, 4.69) is 34.7 Å². The summed E-state index contributed by atoms with van der Waals surface area (Å²) in [4.78, 5) is 12.2. The zero-order chi connectivity index (χ0) is 23.5. The van der Waals surface area contributed by atoms with Gasteiger partial charge in [0.1, 0.15) is 12.3 Å². The van der Waals surface area contributed by atoms with Crippen molar-refractivity contribution in [1.82, 2.24) is 15.0 Å². The van der Waals surface area contributed by atoms with Crippen LogP contribution in [-0.4, -0.2) is 26.6 Å². The van der Waals surface area contributed by atoms with Gasteiger partial charge < -0.3 is 10.5 Å². The molecule has 1 aromatic heterocycles. The van der Waals surface area contributed by atoms with Crippen molar-refractivity contribution in [1.29, 1.82) is 0 Å². The lowest BCUT2D eigenvalue weighted by Crippen LogP contribution is -2.22.